The van der Waals surface area contributed by atoms with Crippen LogP contribution in [0.4, 0.5) is 5.69 Å². The summed E-state index contributed by atoms with van der Waals surface area (Å²) in [7, 11) is 0. The summed E-state index contributed by atoms with van der Waals surface area (Å²) in [6.07, 6.45) is 1.23. The van der Waals surface area contributed by atoms with Crippen LogP contribution < -0.4 is 0 Å². The van der Waals surface area contributed by atoms with Crippen LogP contribution >= 0.6 is 0 Å². The van der Waals surface area contributed by atoms with Gasteiger partial charge < -0.3 is 0 Å². The fraction of sp³-hybridized carbons (Fsp3) is 0.160. The number of carbonyl (C=O) groups is 2. The van der Waals surface area contributed by atoms with Crippen molar-refractivity contribution in [3.8, 4) is 0 Å². The van der Waals surface area contributed by atoms with Gasteiger partial charge in [0.25, 0.3) is 17.5 Å². The quantitative estimate of drug-likeness (QED) is 0.277. The number of hydrazone groups is 1. The van der Waals surface area contributed by atoms with Crippen LogP contribution in [0.2, 0.25) is 0 Å². The molecule has 0 saturated carbocycles. The number of hydrogen-bond donors (Lipinski definition) is 0. The number of nitro groups is 1. The predicted octanol–water partition coefficient (Wildman–Crippen LogP) is 3.82. The second-order valence-electron chi connectivity index (χ2n) is 8.31. The molecule has 7 nitrogen and oxygen atoms in total. The molecule has 2 amide bonds. The number of carbonyl (C=O) groups excluding carboxylic acids is 2. The zero-order valence-corrected chi connectivity index (χ0v) is 16.8. The van der Waals surface area contributed by atoms with Crippen molar-refractivity contribution in [1.82, 2.24) is 5.01 Å². The van der Waals surface area contributed by atoms with Crippen LogP contribution in [0.1, 0.15) is 39.7 Å². The topological polar surface area (TPSA) is 92.9 Å². The van der Waals surface area contributed by atoms with Gasteiger partial charge in [0.2, 0.25) is 0 Å². The normalized spacial score (nSPS) is 25.1. The average Bonchev–Trinajstić information content (AvgIpc) is 3.08. The van der Waals surface area contributed by atoms with Crippen molar-refractivity contribution in [2.45, 2.75) is 11.8 Å². The van der Waals surface area contributed by atoms with Gasteiger partial charge in [-0.2, -0.15) is 10.1 Å². The number of hydrogen-bond acceptors (Lipinski definition) is 5. The summed E-state index contributed by atoms with van der Waals surface area (Å²) in [6, 6.07) is 22.1. The molecule has 1 saturated heterocycles. The molecule has 3 aliphatic carbocycles. The minimum absolute atomic E-state index is 0.132. The molecule has 2 atom stereocenters. The first-order valence-electron chi connectivity index (χ1n) is 10.4. The number of rotatable bonds is 3. The molecule has 7 heteroatoms. The van der Waals surface area contributed by atoms with Crippen LogP contribution in [0.25, 0.3) is 0 Å². The van der Waals surface area contributed by atoms with Gasteiger partial charge in [-0.3, -0.25) is 19.7 Å². The summed E-state index contributed by atoms with van der Waals surface area (Å²) in [5.74, 6) is -2.18. The van der Waals surface area contributed by atoms with E-state index in [1.54, 1.807) is 12.1 Å². The van der Waals surface area contributed by atoms with Crippen molar-refractivity contribution in [2.75, 3.05) is 0 Å². The molecular weight excluding hydrogens is 406 g/mol. The maximum Gasteiger partial charge on any atom is 0.278 e. The third-order valence-corrected chi connectivity index (χ3v) is 6.87. The Morgan fingerprint density at radius 1 is 0.750 bits per heavy atom. The molecule has 32 heavy (non-hydrogen) atoms. The highest BCUT2D eigenvalue weighted by Gasteiger charge is 2.61. The van der Waals surface area contributed by atoms with Gasteiger partial charge in [0.15, 0.2) is 0 Å². The number of imide groups is 1. The summed E-state index contributed by atoms with van der Waals surface area (Å²) in [5.41, 5.74) is 4.45. The summed E-state index contributed by atoms with van der Waals surface area (Å²) in [4.78, 5) is 37.7. The van der Waals surface area contributed by atoms with Gasteiger partial charge in [-0.15, -0.1) is 0 Å². The molecule has 1 aliphatic heterocycles. The second kappa shape index (κ2) is 6.68. The van der Waals surface area contributed by atoms with E-state index in [4.69, 9.17) is 0 Å². The Morgan fingerprint density at radius 3 is 1.66 bits per heavy atom. The molecule has 2 bridgehead atoms. The number of benzene rings is 3. The molecule has 3 aromatic carbocycles. The predicted molar refractivity (Wildman–Crippen MR) is 116 cm³/mol. The Bertz CT molecular complexity index is 1230. The summed E-state index contributed by atoms with van der Waals surface area (Å²) < 4.78 is 0. The van der Waals surface area contributed by atoms with Crippen molar-refractivity contribution in [2.24, 2.45) is 16.9 Å². The van der Waals surface area contributed by atoms with Crippen LogP contribution in [0.5, 0.6) is 0 Å². The zero-order valence-electron chi connectivity index (χ0n) is 16.8. The minimum Gasteiger partial charge on any atom is -0.272 e. The molecule has 0 aromatic heterocycles. The van der Waals surface area contributed by atoms with Gasteiger partial charge in [0.05, 0.1) is 28.5 Å². The molecule has 1 heterocycles. The van der Waals surface area contributed by atoms with Crippen molar-refractivity contribution >= 4 is 23.7 Å². The molecule has 4 aliphatic rings. The molecule has 0 spiro atoms. The smallest absolute Gasteiger partial charge is 0.272 e. The van der Waals surface area contributed by atoms with E-state index >= 15 is 0 Å². The minimum atomic E-state index is -0.528. The number of nitrogens with zero attached hydrogens (tertiary/aromatic N) is 3. The third-order valence-electron chi connectivity index (χ3n) is 6.87. The first-order chi connectivity index (χ1) is 15.6. The van der Waals surface area contributed by atoms with Gasteiger partial charge in [-0.05, 0) is 28.3 Å². The molecule has 1 fully saturated rings. The first-order valence-corrected chi connectivity index (χ1v) is 10.4. The van der Waals surface area contributed by atoms with Crippen molar-refractivity contribution < 1.29 is 14.5 Å². The monoisotopic (exact) mass is 423 g/mol. The standard InChI is InChI=1S/C25H17N3O4/c29-24-22-20-15-8-2-3-9-16(15)21(18-11-5-4-10-17(18)20)23(22)25(30)27(24)26-13-14-7-1-6-12-19(14)28(31)32/h1-13,20-23H/b26-13-/t20?,21?,22-,23-/m0/s1. The van der Waals surface area contributed by atoms with Gasteiger partial charge in [0.1, 0.15) is 0 Å². The summed E-state index contributed by atoms with van der Waals surface area (Å²) in [5, 5.41) is 16.4. The summed E-state index contributed by atoms with van der Waals surface area (Å²) in [6.45, 7) is 0. The number of para-hydroxylation sites is 1. The van der Waals surface area contributed by atoms with Crippen LogP contribution in [-0.4, -0.2) is 28.0 Å². The van der Waals surface area contributed by atoms with E-state index in [-0.39, 0.29) is 34.9 Å². The lowest BCUT2D eigenvalue weighted by Crippen LogP contribution is -2.41. The van der Waals surface area contributed by atoms with E-state index in [1.807, 2.05) is 48.5 Å². The fourth-order valence-corrected chi connectivity index (χ4v) is 5.66. The first kappa shape index (κ1) is 18.6. The largest absolute Gasteiger partial charge is 0.278 e. The molecule has 156 valence electrons. The molecule has 3 aromatic rings. The van der Waals surface area contributed by atoms with E-state index in [0.717, 1.165) is 27.3 Å². The SMILES string of the molecule is O=C1[C@H]2C3c4ccccc4C(c4ccccc43)[C@@H]2C(=O)N1/N=C\c1ccccc1[N+](=O)[O-]. The van der Waals surface area contributed by atoms with E-state index in [0.29, 0.717) is 0 Å². The average molecular weight is 423 g/mol. The lowest BCUT2D eigenvalue weighted by Gasteiger charge is -2.45. The summed E-state index contributed by atoms with van der Waals surface area (Å²) >= 11 is 0. The number of amides is 2. The highest BCUT2D eigenvalue weighted by atomic mass is 16.6. The molecular formula is C25H17N3O4. The molecule has 7 rings (SSSR count). The fourth-order valence-electron chi connectivity index (χ4n) is 5.66. The maximum absolute atomic E-state index is 13.5. The van der Waals surface area contributed by atoms with Crippen LogP contribution in [0, 0.1) is 22.0 Å². The molecule has 0 unspecified atom stereocenters. The van der Waals surface area contributed by atoms with Crippen LogP contribution in [0.15, 0.2) is 77.9 Å². The highest BCUT2D eigenvalue weighted by Crippen LogP contribution is 2.60. The van der Waals surface area contributed by atoms with E-state index in [1.165, 1.54) is 18.3 Å². The Balaban J connectivity index is 1.45. The third kappa shape index (κ3) is 2.39. The zero-order chi connectivity index (χ0) is 22.0. The van der Waals surface area contributed by atoms with Gasteiger partial charge in [0, 0.05) is 17.9 Å². The van der Waals surface area contributed by atoms with E-state index in [2.05, 4.69) is 5.10 Å². The van der Waals surface area contributed by atoms with Gasteiger partial charge in [-0.25, -0.2) is 0 Å². The van der Waals surface area contributed by atoms with Crippen molar-refractivity contribution in [3.63, 3.8) is 0 Å². The van der Waals surface area contributed by atoms with E-state index in [9.17, 15) is 19.7 Å². The van der Waals surface area contributed by atoms with Crippen molar-refractivity contribution in [1.29, 1.82) is 0 Å². The second-order valence-corrected chi connectivity index (χ2v) is 8.31. The number of nitro benzene ring substituents is 1. The highest BCUT2D eigenvalue weighted by molar-refractivity contribution is 6.08. The Kier molecular flexibility index (Phi) is 3.89. The molecule has 0 radical (unpaired) electrons. The van der Waals surface area contributed by atoms with Crippen LogP contribution in [-0.2, 0) is 9.59 Å². The Hall–Kier alpha value is -4.13. The molecule has 0 N–H and O–H groups in total. The lowest BCUT2D eigenvalue weighted by atomic mass is 9.55. The maximum atomic E-state index is 13.5. The van der Waals surface area contributed by atoms with E-state index < -0.39 is 16.8 Å². The Morgan fingerprint density at radius 2 is 1.19 bits per heavy atom. The van der Waals surface area contributed by atoms with Gasteiger partial charge in [-0.1, -0.05) is 60.7 Å². The van der Waals surface area contributed by atoms with Gasteiger partial charge >= 0.3 is 0 Å². The Labute approximate surface area is 183 Å². The van der Waals surface area contributed by atoms with Crippen LogP contribution in [0.3, 0.4) is 0 Å². The van der Waals surface area contributed by atoms with Crippen molar-refractivity contribution in [3.05, 3.63) is 111 Å². The lowest BCUT2D eigenvalue weighted by molar-refractivity contribution is -0.385.